The lowest BCUT2D eigenvalue weighted by atomic mass is 9.86. The van der Waals surface area contributed by atoms with Crippen LogP contribution in [0.25, 0.3) is 0 Å². The van der Waals surface area contributed by atoms with Crippen molar-refractivity contribution < 1.29 is 18.3 Å². The molecule has 0 spiro atoms. The third-order valence-corrected chi connectivity index (χ3v) is 8.09. The lowest BCUT2D eigenvalue weighted by Crippen LogP contribution is -2.47. The molecular weight excluding hydrogens is 434 g/mol. The normalized spacial score (nSPS) is 13.9. The molecule has 0 aromatic heterocycles. The first-order chi connectivity index (χ1) is 15.4. The zero-order chi connectivity index (χ0) is 24.3. The summed E-state index contributed by atoms with van der Waals surface area (Å²) in [5, 5.41) is 9.04. The summed E-state index contributed by atoms with van der Waals surface area (Å²) in [5.74, 6) is -0.907. The van der Waals surface area contributed by atoms with Crippen molar-refractivity contribution in [3.63, 3.8) is 0 Å². The van der Waals surface area contributed by atoms with Crippen LogP contribution >= 0.6 is 0 Å². The van der Waals surface area contributed by atoms with E-state index in [1.165, 1.54) is 0 Å². The third-order valence-electron chi connectivity index (χ3n) is 5.86. The fourth-order valence-corrected chi connectivity index (χ4v) is 5.56. The monoisotopic (exact) mass is 465 g/mol. The second-order valence-corrected chi connectivity index (χ2v) is 11.6. The first kappa shape index (κ1) is 24.7. The van der Waals surface area contributed by atoms with Gasteiger partial charge >= 0.3 is 5.97 Å². The van der Waals surface area contributed by atoms with E-state index in [4.69, 9.17) is 10.8 Å². The van der Waals surface area contributed by atoms with Crippen molar-refractivity contribution in [2.24, 2.45) is 5.73 Å². The Morgan fingerprint density at radius 3 is 2.06 bits per heavy atom. The molecule has 1 unspecified atom stereocenters. The highest BCUT2D eigenvalue weighted by Crippen LogP contribution is 2.35. The Bertz CT molecular complexity index is 1210. The summed E-state index contributed by atoms with van der Waals surface area (Å²) in [6.45, 7) is 6.37. The van der Waals surface area contributed by atoms with Crippen molar-refractivity contribution >= 4 is 15.8 Å². The number of benzene rings is 3. The fraction of sp³-hybridized carbons (Fsp3) is 0.296. The molecule has 0 amide bonds. The van der Waals surface area contributed by atoms with Gasteiger partial charge in [0, 0.05) is 12.8 Å². The summed E-state index contributed by atoms with van der Waals surface area (Å²) < 4.78 is 27.7. The van der Waals surface area contributed by atoms with E-state index >= 15 is 0 Å². The van der Waals surface area contributed by atoms with Crippen LogP contribution in [0.15, 0.2) is 83.8 Å². The van der Waals surface area contributed by atoms with Gasteiger partial charge in [0.25, 0.3) is 0 Å². The number of carbonyl (C=O) groups is 1. The van der Waals surface area contributed by atoms with Gasteiger partial charge in [-0.25, -0.2) is 8.42 Å². The number of hydrogen-bond donors (Lipinski definition) is 2. The van der Waals surface area contributed by atoms with Crippen molar-refractivity contribution in [2.45, 2.75) is 55.2 Å². The Labute approximate surface area is 196 Å². The maximum absolute atomic E-state index is 13.8. The largest absolute Gasteiger partial charge is 0.481 e. The minimum atomic E-state index is -3.98. The van der Waals surface area contributed by atoms with Crippen LogP contribution in [0.5, 0.6) is 0 Å². The SMILES string of the molecule is CC(C)(C)c1ccc(CC(N)(c2cccc(CCC(=O)O)c2)S(=O)(=O)c2ccccc2)cc1. The maximum atomic E-state index is 13.8. The Hall–Kier alpha value is -2.96. The molecule has 3 N–H and O–H groups in total. The van der Waals surface area contributed by atoms with Crippen molar-refractivity contribution in [3.05, 3.63) is 101 Å². The van der Waals surface area contributed by atoms with Gasteiger partial charge in [0.15, 0.2) is 4.87 Å². The predicted octanol–water partition coefficient (Wildman–Crippen LogP) is 4.83. The molecule has 0 saturated heterocycles. The van der Waals surface area contributed by atoms with Gasteiger partial charge in [-0.05, 0) is 46.2 Å². The number of aliphatic carboxylic acids is 1. The molecule has 0 radical (unpaired) electrons. The van der Waals surface area contributed by atoms with E-state index in [1.807, 2.05) is 24.3 Å². The maximum Gasteiger partial charge on any atom is 0.303 e. The van der Waals surface area contributed by atoms with Crippen molar-refractivity contribution in [2.75, 3.05) is 0 Å². The summed E-state index contributed by atoms with van der Waals surface area (Å²) in [6, 6.07) is 23.0. The summed E-state index contributed by atoms with van der Waals surface area (Å²) in [6.07, 6.45) is 0.336. The Kier molecular flexibility index (Phi) is 7.10. The molecule has 0 heterocycles. The third kappa shape index (κ3) is 5.52. The Morgan fingerprint density at radius 1 is 0.848 bits per heavy atom. The summed E-state index contributed by atoms with van der Waals surface area (Å²) in [5.41, 5.74) is 9.91. The van der Waals surface area contributed by atoms with Crippen LogP contribution in [0.1, 0.15) is 49.4 Å². The number of hydrogen-bond acceptors (Lipinski definition) is 4. The van der Waals surface area contributed by atoms with E-state index < -0.39 is 20.7 Å². The predicted molar refractivity (Wildman–Crippen MR) is 131 cm³/mol. The Morgan fingerprint density at radius 2 is 1.48 bits per heavy atom. The van der Waals surface area contributed by atoms with Crippen molar-refractivity contribution in [1.82, 2.24) is 0 Å². The second-order valence-electron chi connectivity index (χ2n) is 9.42. The van der Waals surface area contributed by atoms with Crippen LogP contribution in [0.2, 0.25) is 0 Å². The number of sulfone groups is 1. The number of aryl methyl sites for hydroxylation is 1. The quantitative estimate of drug-likeness (QED) is 0.497. The molecule has 3 rings (SSSR count). The molecule has 3 aromatic carbocycles. The topological polar surface area (TPSA) is 97.5 Å². The molecule has 1 atom stereocenters. The lowest BCUT2D eigenvalue weighted by Gasteiger charge is -2.31. The van der Waals surface area contributed by atoms with E-state index in [9.17, 15) is 13.2 Å². The average Bonchev–Trinajstić information content (AvgIpc) is 2.78. The van der Waals surface area contributed by atoms with Gasteiger partial charge in [-0.2, -0.15) is 0 Å². The van der Waals surface area contributed by atoms with Gasteiger partial charge in [-0.3, -0.25) is 4.79 Å². The first-order valence-corrected chi connectivity index (χ1v) is 12.4. The van der Waals surface area contributed by atoms with E-state index in [0.29, 0.717) is 12.0 Å². The fourth-order valence-electron chi connectivity index (χ4n) is 3.83. The highest BCUT2D eigenvalue weighted by atomic mass is 32.2. The molecule has 5 nitrogen and oxygen atoms in total. The molecule has 0 bridgehead atoms. The number of nitrogens with two attached hydrogens (primary N) is 1. The molecule has 0 saturated carbocycles. The molecule has 33 heavy (non-hydrogen) atoms. The molecule has 0 aliphatic rings. The van der Waals surface area contributed by atoms with Gasteiger partial charge in [0.05, 0.1) is 4.90 Å². The zero-order valence-corrected chi connectivity index (χ0v) is 20.1. The Balaban J connectivity index is 2.09. The molecular formula is C27H31NO4S. The minimum Gasteiger partial charge on any atom is -0.481 e. The van der Waals surface area contributed by atoms with E-state index in [-0.39, 0.29) is 23.2 Å². The lowest BCUT2D eigenvalue weighted by molar-refractivity contribution is -0.136. The van der Waals surface area contributed by atoms with Crippen LogP contribution in [0.3, 0.4) is 0 Å². The number of carboxylic acid groups (broad SMARTS) is 1. The molecule has 6 heteroatoms. The molecule has 3 aromatic rings. The minimum absolute atomic E-state index is 0.0209. The standard InChI is InChI=1S/C27H31NO4S/c1-26(2,3)22-15-12-21(13-16-22)19-27(28,33(31,32)24-10-5-4-6-11-24)23-9-7-8-20(18-23)14-17-25(29)30/h4-13,15-16,18H,14,17,19,28H2,1-3H3,(H,29,30). The van der Waals surface area contributed by atoms with Crippen molar-refractivity contribution in [1.29, 1.82) is 0 Å². The smallest absolute Gasteiger partial charge is 0.303 e. The van der Waals surface area contributed by atoms with Gasteiger partial charge in [0.1, 0.15) is 0 Å². The van der Waals surface area contributed by atoms with Crippen LogP contribution < -0.4 is 5.73 Å². The van der Waals surface area contributed by atoms with Crippen LogP contribution in [0.4, 0.5) is 0 Å². The van der Waals surface area contributed by atoms with Gasteiger partial charge < -0.3 is 10.8 Å². The average molecular weight is 466 g/mol. The highest BCUT2D eigenvalue weighted by molar-refractivity contribution is 7.92. The summed E-state index contributed by atoms with van der Waals surface area (Å²) in [4.78, 5) is 9.44. The molecule has 0 aliphatic carbocycles. The number of carboxylic acids is 1. The van der Waals surface area contributed by atoms with Gasteiger partial charge in [0.2, 0.25) is 9.84 Å². The molecule has 0 aliphatic heterocycles. The summed E-state index contributed by atoms with van der Waals surface area (Å²) >= 11 is 0. The van der Waals surface area contributed by atoms with E-state index in [2.05, 4.69) is 20.8 Å². The van der Waals surface area contributed by atoms with Gasteiger partial charge in [-0.15, -0.1) is 0 Å². The van der Waals surface area contributed by atoms with Crippen LogP contribution in [0, 0.1) is 0 Å². The van der Waals surface area contributed by atoms with Gasteiger partial charge in [-0.1, -0.05) is 87.5 Å². The second kappa shape index (κ2) is 9.49. The van der Waals surface area contributed by atoms with E-state index in [0.717, 1.165) is 16.7 Å². The molecule has 174 valence electrons. The summed E-state index contributed by atoms with van der Waals surface area (Å²) in [7, 11) is -3.98. The number of rotatable bonds is 8. The van der Waals surface area contributed by atoms with E-state index in [1.54, 1.807) is 54.6 Å². The zero-order valence-electron chi connectivity index (χ0n) is 19.3. The molecule has 0 fully saturated rings. The van der Waals surface area contributed by atoms with Crippen LogP contribution in [-0.2, 0) is 37.8 Å². The first-order valence-electron chi connectivity index (χ1n) is 10.9. The van der Waals surface area contributed by atoms with Crippen LogP contribution in [-0.4, -0.2) is 19.5 Å². The van der Waals surface area contributed by atoms with Crippen molar-refractivity contribution in [3.8, 4) is 0 Å². The highest BCUT2D eigenvalue weighted by Gasteiger charge is 2.43.